The van der Waals surface area contributed by atoms with Crippen LogP contribution in [0.2, 0.25) is 5.02 Å². The zero-order chi connectivity index (χ0) is 17.8. The second kappa shape index (κ2) is 7.57. The Morgan fingerprint density at radius 1 is 1.36 bits per heavy atom. The summed E-state index contributed by atoms with van der Waals surface area (Å²) in [6.45, 7) is 1.12. The minimum atomic E-state index is -0.259. The SMILES string of the molecule is Cn1nc(NC(=O)N2CCCC(Oc3cccc(Cl)c3)C2)ccc1=O. The van der Waals surface area contributed by atoms with Gasteiger partial charge in [-0.1, -0.05) is 17.7 Å². The molecule has 2 amide bonds. The molecule has 1 saturated heterocycles. The number of halogens is 1. The van der Waals surface area contributed by atoms with Gasteiger partial charge in [0.15, 0.2) is 5.82 Å². The van der Waals surface area contributed by atoms with Gasteiger partial charge >= 0.3 is 6.03 Å². The van der Waals surface area contributed by atoms with Crippen LogP contribution in [-0.4, -0.2) is 39.9 Å². The lowest BCUT2D eigenvalue weighted by Gasteiger charge is -2.32. The molecule has 132 valence electrons. The molecule has 1 aromatic heterocycles. The highest BCUT2D eigenvalue weighted by Crippen LogP contribution is 2.22. The summed E-state index contributed by atoms with van der Waals surface area (Å²) in [5.74, 6) is 1.03. The molecule has 0 saturated carbocycles. The van der Waals surface area contributed by atoms with Gasteiger partial charge in [0.2, 0.25) is 0 Å². The molecular formula is C17H19ClN4O3. The second-order valence-corrected chi connectivity index (χ2v) is 6.33. The number of aromatic nitrogens is 2. The fraction of sp³-hybridized carbons (Fsp3) is 0.353. The van der Waals surface area contributed by atoms with Crippen molar-refractivity contribution < 1.29 is 9.53 Å². The van der Waals surface area contributed by atoms with Gasteiger partial charge in [-0.2, -0.15) is 5.10 Å². The molecule has 2 aromatic rings. The molecular weight excluding hydrogens is 344 g/mol. The number of ether oxygens (including phenoxy) is 1. The first-order valence-electron chi connectivity index (χ1n) is 8.04. The molecule has 1 N–H and O–H groups in total. The molecule has 7 nitrogen and oxygen atoms in total. The summed E-state index contributed by atoms with van der Waals surface area (Å²) < 4.78 is 7.11. The van der Waals surface area contributed by atoms with E-state index >= 15 is 0 Å². The van der Waals surface area contributed by atoms with E-state index in [0.717, 1.165) is 12.8 Å². The molecule has 0 spiro atoms. The lowest BCUT2D eigenvalue weighted by molar-refractivity contribution is 0.106. The number of hydrogen-bond donors (Lipinski definition) is 1. The van der Waals surface area contributed by atoms with Gasteiger partial charge in [-0.15, -0.1) is 0 Å². The normalized spacial score (nSPS) is 17.2. The minimum Gasteiger partial charge on any atom is -0.489 e. The molecule has 1 fully saturated rings. The predicted molar refractivity (Wildman–Crippen MR) is 95.2 cm³/mol. The summed E-state index contributed by atoms with van der Waals surface area (Å²) in [6.07, 6.45) is 1.62. The Kier molecular flexibility index (Phi) is 5.23. The van der Waals surface area contributed by atoms with E-state index in [-0.39, 0.29) is 17.7 Å². The van der Waals surface area contributed by atoms with Crippen LogP contribution in [0, 0.1) is 0 Å². The van der Waals surface area contributed by atoms with Crippen molar-refractivity contribution in [2.45, 2.75) is 18.9 Å². The zero-order valence-corrected chi connectivity index (χ0v) is 14.6. The summed E-state index contributed by atoms with van der Waals surface area (Å²) in [4.78, 5) is 25.5. The van der Waals surface area contributed by atoms with Crippen molar-refractivity contribution in [3.05, 3.63) is 51.8 Å². The monoisotopic (exact) mass is 362 g/mol. The molecule has 1 aliphatic heterocycles. The number of urea groups is 1. The van der Waals surface area contributed by atoms with Crippen LogP contribution >= 0.6 is 11.6 Å². The van der Waals surface area contributed by atoms with E-state index < -0.39 is 0 Å². The third kappa shape index (κ3) is 4.51. The van der Waals surface area contributed by atoms with Crippen LogP contribution in [0.4, 0.5) is 10.6 Å². The van der Waals surface area contributed by atoms with Crippen molar-refractivity contribution in [2.24, 2.45) is 7.05 Å². The maximum atomic E-state index is 12.4. The van der Waals surface area contributed by atoms with Crippen molar-refractivity contribution >= 4 is 23.4 Å². The zero-order valence-electron chi connectivity index (χ0n) is 13.8. The van der Waals surface area contributed by atoms with E-state index in [0.29, 0.717) is 29.7 Å². The maximum Gasteiger partial charge on any atom is 0.323 e. The highest BCUT2D eigenvalue weighted by Gasteiger charge is 2.25. The molecule has 1 atom stereocenters. The van der Waals surface area contributed by atoms with Crippen LogP contribution in [0.15, 0.2) is 41.2 Å². The molecule has 1 unspecified atom stereocenters. The van der Waals surface area contributed by atoms with E-state index in [1.165, 1.54) is 23.9 Å². The topological polar surface area (TPSA) is 76.5 Å². The van der Waals surface area contributed by atoms with Crippen molar-refractivity contribution in [1.29, 1.82) is 0 Å². The van der Waals surface area contributed by atoms with Crippen LogP contribution < -0.4 is 15.6 Å². The first-order chi connectivity index (χ1) is 12.0. The molecule has 1 aromatic carbocycles. The van der Waals surface area contributed by atoms with E-state index in [2.05, 4.69) is 10.4 Å². The summed E-state index contributed by atoms with van der Waals surface area (Å²) in [5.41, 5.74) is -0.231. The van der Waals surface area contributed by atoms with Crippen molar-refractivity contribution in [1.82, 2.24) is 14.7 Å². The van der Waals surface area contributed by atoms with Gasteiger partial charge in [-0.25, -0.2) is 9.48 Å². The van der Waals surface area contributed by atoms with Gasteiger partial charge in [-0.05, 0) is 37.1 Å². The van der Waals surface area contributed by atoms with Gasteiger partial charge < -0.3 is 9.64 Å². The number of rotatable bonds is 3. The van der Waals surface area contributed by atoms with Crippen LogP contribution in [0.5, 0.6) is 5.75 Å². The third-order valence-corrected chi connectivity index (χ3v) is 4.19. The van der Waals surface area contributed by atoms with E-state index in [1.54, 1.807) is 17.0 Å². The number of hydrogen-bond acceptors (Lipinski definition) is 4. The predicted octanol–water partition coefficient (Wildman–Crippen LogP) is 2.51. The van der Waals surface area contributed by atoms with Gasteiger partial charge in [-0.3, -0.25) is 10.1 Å². The van der Waals surface area contributed by atoms with Crippen LogP contribution in [0.3, 0.4) is 0 Å². The number of anilines is 1. The first kappa shape index (κ1) is 17.3. The summed E-state index contributed by atoms with van der Waals surface area (Å²) in [7, 11) is 1.54. The Morgan fingerprint density at radius 3 is 2.96 bits per heavy atom. The molecule has 1 aliphatic rings. The molecule has 8 heteroatoms. The fourth-order valence-electron chi connectivity index (χ4n) is 2.71. The van der Waals surface area contributed by atoms with E-state index in [9.17, 15) is 9.59 Å². The number of aryl methyl sites for hydroxylation is 1. The van der Waals surface area contributed by atoms with Crippen molar-refractivity contribution in [3.63, 3.8) is 0 Å². The first-order valence-corrected chi connectivity index (χ1v) is 8.41. The quantitative estimate of drug-likeness (QED) is 0.910. The molecule has 2 heterocycles. The number of nitrogens with zero attached hydrogens (tertiary/aromatic N) is 3. The van der Waals surface area contributed by atoms with Gasteiger partial charge in [0.05, 0.1) is 6.54 Å². The Hall–Kier alpha value is -2.54. The largest absolute Gasteiger partial charge is 0.489 e. The Labute approximate surface area is 150 Å². The van der Waals surface area contributed by atoms with Gasteiger partial charge in [0, 0.05) is 24.7 Å². The third-order valence-electron chi connectivity index (χ3n) is 3.96. The number of benzene rings is 1. The molecule has 0 aliphatic carbocycles. The lowest BCUT2D eigenvalue weighted by Crippen LogP contribution is -2.46. The van der Waals surface area contributed by atoms with Crippen LogP contribution in [0.1, 0.15) is 12.8 Å². The second-order valence-electron chi connectivity index (χ2n) is 5.90. The Balaban J connectivity index is 1.61. The van der Waals surface area contributed by atoms with Crippen molar-refractivity contribution in [3.8, 4) is 5.75 Å². The number of piperidine rings is 1. The summed E-state index contributed by atoms with van der Waals surface area (Å²) in [5, 5.41) is 7.33. The van der Waals surface area contributed by atoms with E-state index in [1.807, 2.05) is 12.1 Å². The smallest absolute Gasteiger partial charge is 0.323 e. The minimum absolute atomic E-state index is 0.0916. The molecule has 0 bridgehead atoms. The fourth-order valence-corrected chi connectivity index (χ4v) is 2.89. The molecule has 0 radical (unpaired) electrons. The number of nitrogens with one attached hydrogen (secondary N) is 1. The highest BCUT2D eigenvalue weighted by atomic mass is 35.5. The van der Waals surface area contributed by atoms with Gasteiger partial charge in [0.25, 0.3) is 5.56 Å². The highest BCUT2D eigenvalue weighted by molar-refractivity contribution is 6.30. The number of carbonyl (C=O) groups excluding carboxylic acids is 1. The number of amides is 2. The average molecular weight is 363 g/mol. The van der Waals surface area contributed by atoms with Crippen LogP contribution in [0.25, 0.3) is 0 Å². The number of likely N-dealkylation sites (tertiary alicyclic amines) is 1. The summed E-state index contributed by atoms with van der Waals surface area (Å²) in [6, 6.07) is 9.82. The Morgan fingerprint density at radius 2 is 2.20 bits per heavy atom. The summed E-state index contributed by atoms with van der Waals surface area (Å²) >= 11 is 5.97. The maximum absolute atomic E-state index is 12.4. The number of carbonyl (C=O) groups is 1. The van der Waals surface area contributed by atoms with Gasteiger partial charge in [0.1, 0.15) is 11.9 Å². The Bertz CT molecular complexity index is 824. The molecule has 3 rings (SSSR count). The van der Waals surface area contributed by atoms with Crippen molar-refractivity contribution in [2.75, 3.05) is 18.4 Å². The van der Waals surface area contributed by atoms with E-state index in [4.69, 9.17) is 16.3 Å². The standard InChI is InChI=1S/C17H19ClN4O3/c1-21-16(23)8-7-15(20-21)19-17(24)22-9-3-6-14(11-22)25-13-5-2-4-12(18)10-13/h2,4-5,7-8,10,14H,3,6,9,11H2,1H3,(H,19,20,24). The average Bonchev–Trinajstić information content (AvgIpc) is 2.58. The van der Waals surface area contributed by atoms with Crippen LogP contribution in [-0.2, 0) is 7.05 Å². The lowest BCUT2D eigenvalue weighted by atomic mass is 10.1. The molecule has 25 heavy (non-hydrogen) atoms.